The number of hydrogen-bond acceptors (Lipinski definition) is 3. The number of aryl methyl sites for hydroxylation is 1. The maximum Gasteiger partial charge on any atom is 0.335 e. The highest BCUT2D eigenvalue weighted by atomic mass is 16.4. The number of anilines is 1. The zero-order chi connectivity index (χ0) is 13.3. The predicted octanol–water partition coefficient (Wildman–Crippen LogP) is 1.90. The van der Waals surface area contributed by atoms with Gasteiger partial charge in [-0.25, -0.2) is 4.79 Å². The molecule has 0 bridgehead atoms. The van der Waals surface area contributed by atoms with Gasteiger partial charge in [-0.1, -0.05) is 6.92 Å². The number of aliphatic hydroxyl groups is 1. The third kappa shape index (κ3) is 2.48. The van der Waals surface area contributed by atoms with Gasteiger partial charge >= 0.3 is 5.97 Å². The number of aromatic carboxylic acids is 1. The minimum Gasteiger partial charge on any atom is -0.478 e. The normalized spacial score (nSPS) is 24.1. The van der Waals surface area contributed by atoms with Crippen molar-refractivity contribution in [2.24, 2.45) is 5.92 Å². The number of aliphatic hydroxyl groups excluding tert-OH is 1. The highest BCUT2D eigenvalue weighted by molar-refractivity contribution is 5.89. The summed E-state index contributed by atoms with van der Waals surface area (Å²) in [5, 5.41) is 18.7. The van der Waals surface area contributed by atoms with Crippen LogP contribution in [0.5, 0.6) is 0 Å². The second kappa shape index (κ2) is 4.98. The average molecular weight is 249 g/mol. The first-order chi connectivity index (χ1) is 8.49. The summed E-state index contributed by atoms with van der Waals surface area (Å²) in [7, 11) is 0. The molecule has 1 aliphatic rings. The van der Waals surface area contributed by atoms with E-state index in [0.717, 1.165) is 30.8 Å². The smallest absolute Gasteiger partial charge is 0.335 e. The maximum atomic E-state index is 11.0. The zero-order valence-corrected chi connectivity index (χ0v) is 10.8. The van der Waals surface area contributed by atoms with Gasteiger partial charge in [-0.15, -0.1) is 0 Å². The molecule has 0 saturated carbocycles. The lowest BCUT2D eigenvalue weighted by Crippen LogP contribution is -2.42. The van der Waals surface area contributed by atoms with E-state index in [1.54, 1.807) is 6.07 Å². The van der Waals surface area contributed by atoms with E-state index in [2.05, 4.69) is 4.90 Å². The van der Waals surface area contributed by atoms with Gasteiger partial charge in [0.25, 0.3) is 0 Å². The molecule has 98 valence electrons. The first kappa shape index (κ1) is 12.9. The molecule has 2 unspecified atom stereocenters. The van der Waals surface area contributed by atoms with Gasteiger partial charge in [0, 0.05) is 18.8 Å². The summed E-state index contributed by atoms with van der Waals surface area (Å²) in [5.74, 6) is -0.639. The second-order valence-electron chi connectivity index (χ2n) is 5.08. The van der Waals surface area contributed by atoms with E-state index in [1.165, 1.54) is 0 Å². The van der Waals surface area contributed by atoms with E-state index in [9.17, 15) is 9.90 Å². The van der Waals surface area contributed by atoms with Crippen molar-refractivity contribution in [1.29, 1.82) is 0 Å². The standard InChI is InChI=1S/C14H19NO3/c1-9-7-11(3-4-12(9)14(17)18)15-6-5-13(16)10(2)8-15/h3-4,7,10,13,16H,5-6,8H2,1-2H3,(H,17,18). The van der Waals surface area contributed by atoms with Crippen LogP contribution in [-0.2, 0) is 0 Å². The largest absolute Gasteiger partial charge is 0.478 e. The average Bonchev–Trinajstić information content (AvgIpc) is 2.32. The summed E-state index contributed by atoms with van der Waals surface area (Å²) >= 11 is 0. The molecule has 1 aliphatic heterocycles. The molecule has 2 rings (SSSR count). The first-order valence-electron chi connectivity index (χ1n) is 6.26. The molecule has 1 fully saturated rings. The molecule has 1 aromatic carbocycles. The highest BCUT2D eigenvalue weighted by Gasteiger charge is 2.24. The van der Waals surface area contributed by atoms with Crippen LogP contribution in [0.2, 0.25) is 0 Å². The third-order valence-electron chi connectivity index (χ3n) is 3.67. The van der Waals surface area contributed by atoms with Crippen LogP contribution in [0, 0.1) is 12.8 Å². The number of benzene rings is 1. The molecular weight excluding hydrogens is 230 g/mol. The molecule has 2 atom stereocenters. The van der Waals surface area contributed by atoms with Crippen LogP contribution < -0.4 is 4.90 Å². The van der Waals surface area contributed by atoms with Crippen LogP contribution in [0.15, 0.2) is 18.2 Å². The van der Waals surface area contributed by atoms with Gasteiger partial charge in [0.15, 0.2) is 0 Å². The van der Waals surface area contributed by atoms with Crippen LogP contribution in [-0.4, -0.2) is 35.4 Å². The van der Waals surface area contributed by atoms with Crippen LogP contribution in [0.1, 0.15) is 29.3 Å². The number of rotatable bonds is 2. The molecule has 2 N–H and O–H groups in total. The van der Waals surface area contributed by atoms with E-state index in [1.807, 2.05) is 26.0 Å². The number of carboxylic acids is 1. The van der Waals surface area contributed by atoms with E-state index < -0.39 is 5.97 Å². The lowest BCUT2D eigenvalue weighted by molar-refractivity contribution is 0.0696. The Hall–Kier alpha value is -1.55. The summed E-state index contributed by atoms with van der Waals surface area (Å²) in [4.78, 5) is 13.2. The van der Waals surface area contributed by atoms with Gasteiger partial charge in [-0.3, -0.25) is 0 Å². The highest BCUT2D eigenvalue weighted by Crippen LogP contribution is 2.25. The molecule has 0 radical (unpaired) electrons. The minimum atomic E-state index is -0.888. The number of carbonyl (C=O) groups is 1. The molecule has 1 saturated heterocycles. The van der Waals surface area contributed by atoms with Gasteiger partial charge < -0.3 is 15.1 Å². The van der Waals surface area contributed by atoms with Crippen molar-refractivity contribution in [2.75, 3.05) is 18.0 Å². The van der Waals surface area contributed by atoms with E-state index in [0.29, 0.717) is 5.56 Å². The Bertz CT molecular complexity index is 458. The summed E-state index contributed by atoms with van der Waals surface area (Å²) in [5.41, 5.74) is 2.17. The van der Waals surface area contributed by atoms with Crippen molar-refractivity contribution in [3.05, 3.63) is 29.3 Å². The Balaban J connectivity index is 2.19. The van der Waals surface area contributed by atoms with E-state index in [4.69, 9.17) is 5.11 Å². The fraction of sp³-hybridized carbons (Fsp3) is 0.500. The monoisotopic (exact) mass is 249 g/mol. The van der Waals surface area contributed by atoms with Crippen molar-refractivity contribution in [2.45, 2.75) is 26.4 Å². The summed E-state index contributed by atoms with van der Waals surface area (Å²) in [6.45, 7) is 5.48. The molecule has 4 heteroatoms. The fourth-order valence-electron chi connectivity index (χ4n) is 2.45. The number of piperidine rings is 1. The molecule has 4 nitrogen and oxygen atoms in total. The molecular formula is C14H19NO3. The molecule has 1 heterocycles. The summed E-state index contributed by atoms with van der Waals surface area (Å²) in [6.07, 6.45) is 0.543. The molecule has 0 spiro atoms. The van der Waals surface area contributed by atoms with Crippen LogP contribution in [0.3, 0.4) is 0 Å². The van der Waals surface area contributed by atoms with Gasteiger partial charge in [-0.05, 0) is 43.0 Å². The number of hydrogen-bond donors (Lipinski definition) is 2. The third-order valence-corrected chi connectivity index (χ3v) is 3.67. The lowest BCUT2D eigenvalue weighted by Gasteiger charge is -2.36. The number of nitrogens with zero attached hydrogens (tertiary/aromatic N) is 1. The van der Waals surface area contributed by atoms with E-state index >= 15 is 0 Å². The van der Waals surface area contributed by atoms with Crippen molar-refractivity contribution < 1.29 is 15.0 Å². The van der Waals surface area contributed by atoms with Crippen LogP contribution in [0.25, 0.3) is 0 Å². The van der Waals surface area contributed by atoms with Gasteiger partial charge in [0.2, 0.25) is 0 Å². The predicted molar refractivity (Wildman–Crippen MR) is 70.1 cm³/mol. The quantitative estimate of drug-likeness (QED) is 0.840. The Morgan fingerprint density at radius 2 is 2.17 bits per heavy atom. The Morgan fingerprint density at radius 1 is 1.44 bits per heavy atom. The summed E-state index contributed by atoms with van der Waals surface area (Å²) < 4.78 is 0. The van der Waals surface area contributed by atoms with Crippen molar-refractivity contribution in [1.82, 2.24) is 0 Å². The minimum absolute atomic E-state index is 0.222. The fourth-order valence-corrected chi connectivity index (χ4v) is 2.45. The van der Waals surface area contributed by atoms with Crippen molar-refractivity contribution >= 4 is 11.7 Å². The Labute approximate surface area is 107 Å². The summed E-state index contributed by atoms with van der Waals surface area (Å²) in [6, 6.07) is 5.41. The first-order valence-corrected chi connectivity index (χ1v) is 6.26. The van der Waals surface area contributed by atoms with Crippen LogP contribution >= 0.6 is 0 Å². The van der Waals surface area contributed by atoms with Gasteiger partial charge in [0.1, 0.15) is 0 Å². The van der Waals surface area contributed by atoms with Crippen LogP contribution in [0.4, 0.5) is 5.69 Å². The van der Waals surface area contributed by atoms with Gasteiger partial charge in [0.05, 0.1) is 11.7 Å². The second-order valence-corrected chi connectivity index (χ2v) is 5.08. The SMILES string of the molecule is Cc1cc(N2CCC(O)C(C)C2)ccc1C(=O)O. The lowest BCUT2D eigenvalue weighted by atomic mass is 9.96. The van der Waals surface area contributed by atoms with E-state index in [-0.39, 0.29) is 12.0 Å². The molecule has 18 heavy (non-hydrogen) atoms. The van der Waals surface area contributed by atoms with Crippen molar-refractivity contribution in [3.63, 3.8) is 0 Å². The molecule has 0 aliphatic carbocycles. The topological polar surface area (TPSA) is 60.8 Å². The van der Waals surface area contributed by atoms with Crippen molar-refractivity contribution in [3.8, 4) is 0 Å². The zero-order valence-electron chi connectivity index (χ0n) is 10.8. The number of carboxylic acid groups (broad SMARTS) is 1. The molecule has 0 aromatic heterocycles. The molecule has 1 aromatic rings. The Kier molecular flexibility index (Phi) is 3.57. The van der Waals surface area contributed by atoms with Gasteiger partial charge in [-0.2, -0.15) is 0 Å². The maximum absolute atomic E-state index is 11.0. The Morgan fingerprint density at radius 3 is 2.72 bits per heavy atom. The molecule has 0 amide bonds.